The number of pyridine rings is 1. The predicted molar refractivity (Wildman–Crippen MR) is 93.0 cm³/mol. The van der Waals surface area contributed by atoms with Crippen molar-refractivity contribution in [2.75, 3.05) is 11.9 Å². The molecular formula is C15H15Cl2N3S. The molecule has 0 aliphatic heterocycles. The van der Waals surface area contributed by atoms with Crippen LogP contribution in [0.3, 0.4) is 0 Å². The molecule has 0 radical (unpaired) electrons. The summed E-state index contributed by atoms with van der Waals surface area (Å²) in [6.45, 7) is 3.56. The molecule has 0 aliphatic rings. The summed E-state index contributed by atoms with van der Waals surface area (Å²) in [5.41, 5.74) is 1.90. The van der Waals surface area contributed by atoms with Gasteiger partial charge in [0, 0.05) is 30.5 Å². The third kappa shape index (κ3) is 4.56. The highest BCUT2D eigenvalue weighted by atomic mass is 35.5. The highest BCUT2D eigenvalue weighted by Gasteiger charge is 2.10. The van der Waals surface area contributed by atoms with Crippen molar-refractivity contribution in [1.29, 1.82) is 0 Å². The molecule has 1 heterocycles. The number of thiocarbonyl (C=S) groups is 1. The van der Waals surface area contributed by atoms with E-state index >= 15 is 0 Å². The number of nitrogens with one attached hydrogen (secondary N) is 1. The summed E-state index contributed by atoms with van der Waals surface area (Å²) in [7, 11) is 0. The molecule has 1 N–H and O–H groups in total. The third-order valence-electron chi connectivity index (χ3n) is 2.96. The predicted octanol–water partition coefficient (Wildman–Crippen LogP) is 4.61. The quantitative estimate of drug-likeness (QED) is 0.823. The zero-order valence-corrected chi connectivity index (χ0v) is 13.8. The molecule has 0 aliphatic carbocycles. The average molecular weight is 340 g/mol. The van der Waals surface area contributed by atoms with Crippen molar-refractivity contribution < 1.29 is 0 Å². The van der Waals surface area contributed by atoms with Crippen molar-refractivity contribution in [2.45, 2.75) is 13.5 Å². The van der Waals surface area contributed by atoms with Crippen LogP contribution in [0.4, 0.5) is 5.69 Å². The number of rotatable bonds is 4. The zero-order chi connectivity index (χ0) is 15.2. The Morgan fingerprint density at radius 2 is 1.95 bits per heavy atom. The van der Waals surface area contributed by atoms with Crippen LogP contribution < -0.4 is 5.32 Å². The van der Waals surface area contributed by atoms with Crippen molar-refractivity contribution in [3.05, 3.63) is 58.3 Å². The van der Waals surface area contributed by atoms with Gasteiger partial charge in [0.15, 0.2) is 5.11 Å². The van der Waals surface area contributed by atoms with Crippen LogP contribution in [-0.4, -0.2) is 21.5 Å². The van der Waals surface area contributed by atoms with Crippen LogP contribution in [0.1, 0.15) is 12.5 Å². The maximum absolute atomic E-state index is 6.15. The van der Waals surface area contributed by atoms with Gasteiger partial charge in [-0.3, -0.25) is 4.98 Å². The normalized spacial score (nSPS) is 10.2. The molecule has 0 unspecified atom stereocenters. The minimum Gasteiger partial charge on any atom is -0.345 e. The first-order chi connectivity index (χ1) is 10.1. The van der Waals surface area contributed by atoms with Crippen molar-refractivity contribution in [3.8, 4) is 0 Å². The van der Waals surface area contributed by atoms with Gasteiger partial charge in [-0.05, 0) is 55.0 Å². The summed E-state index contributed by atoms with van der Waals surface area (Å²) in [6.07, 6.45) is 3.55. The van der Waals surface area contributed by atoms with Crippen molar-refractivity contribution in [2.24, 2.45) is 0 Å². The van der Waals surface area contributed by atoms with E-state index in [4.69, 9.17) is 35.4 Å². The monoisotopic (exact) mass is 339 g/mol. The summed E-state index contributed by atoms with van der Waals surface area (Å²) < 4.78 is 0. The molecule has 110 valence electrons. The van der Waals surface area contributed by atoms with Gasteiger partial charge in [0.1, 0.15) is 0 Å². The lowest BCUT2D eigenvalue weighted by Crippen LogP contribution is -2.34. The van der Waals surface area contributed by atoms with E-state index in [0.717, 1.165) is 24.3 Å². The zero-order valence-electron chi connectivity index (χ0n) is 11.5. The summed E-state index contributed by atoms with van der Waals surface area (Å²) in [4.78, 5) is 6.07. The van der Waals surface area contributed by atoms with E-state index in [-0.39, 0.29) is 0 Å². The molecule has 0 fully saturated rings. The van der Waals surface area contributed by atoms with E-state index in [1.165, 1.54) is 0 Å². The molecule has 0 bridgehead atoms. The Morgan fingerprint density at radius 1 is 1.24 bits per heavy atom. The SMILES string of the molecule is CCN(Cc1ccncc1)C(=S)Nc1ccc(Cl)cc1Cl. The van der Waals surface area contributed by atoms with Gasteiger partial charge in [-0.2, -0.15) is 0 Å². The lowest BCUT2D eigenvalue weighted by molar-refractivity contribution is 0.442. The van der Waals surface area contributed by atoms with Gasteiger partial charge in [0.2, 0.25) is 0 Å². The molecule has 2 aromatic rings. The number of hydrogen-bond donors (Lipinski definition) is 1. The van der Waals surface area contributed by atoms with Crippen LogP contribution in [-0.2, 0) is 6.54 Å². The van der Waals surface area contributed by atoms with Gasteiger partial charge < -0.3 is 10.2 Å². The Morgan fingerprint density at radius 3 is 2.57 bits per heavy atom. The lowest BCUT2D eigenvalue weighted by atomic mass is 10.2. The number of anilines is 1. The second-order valence-electron chi connectivity index (χ2n) is 4.42. The van der Waals surface area contributed by atoms with E-state index < -0.39 is 0 Å². The van der Waals surface area contributed by atoms with E-state index in [1.54, 1.807) is 24.5 Å². The van der Waals surface area contributed by atoms with Crippen molar-refractivity contribution in [3.63, 3.8) is 0 Å². The summed E-state index contributed by atoms with van der Waals surface area (Å²) in [6, 6.07) is 9.23. The van der Waals surface area contributed by atoms with E-state index in [0.29, 0.717) is 15.2 Å². The van der Waals surface area contributed by atoms with Gasteiger partial charge in [0.05, 0.1) is 10.7 Å². The summed E-state index contributed by atoms with van der Waals surface area (Å²) in [5, 5.41) is 4.93. The van der Waals surface area contributed by atoms with Gasteiger partial charge in [-0.15, -0.1) is 0 Å². The van der Waals surface area contributed by atoms with E-state index in [9.17, 15) is 0 Å². The number of halogens is 2. The second-order valence-corrected chi connectivity index (χ2v) is 5.65. The molecule has 0 saturated heterocycles. The summed E-state index contributed by atoms with van der Waals surface area (Å²) in [5.74, 6) is 0. The number of hydrogen-bond acceptors (Lipinski definition) is 2. The van der Waals surface area contributed by atoms with Gasteiger partial charge in [-0.25, -0.2) is 0 Å². The second kappa shape index (κ2) is 7.59. The number of nitrogens with zero attached hydrogens (tertiary/aromatic N) is 2. The fourth-order valence-corrected chi connectivity index (χ4v) is 2.58. The maximum atomic E-state index is 6.15. The number of benzene rings is 1. The fraction of sp³-hybridized carbons (Fsp3) is 0.200. The molecule has 6 heteroatoms. The molecule has 1 aromatic carbocycles. The van der Waals surface area contributed by atoms with Gasteiger partial charge >= 0.3 is 0 Å². The van der Waals surface area contributed by atoms with E-state index in [1.807, 2.05) is 18.2 Å². The minimum absolute atomic E-state index is 0.546. The molecule has 1 aromatic heterocycles. The molecule has 21 heavy (non-hydrogen) atoms. The van der Waals surface area contributed by atoms with Crippen LogP contribution in [0.2, 0.25) is 10.0 Å². The molecule has 0 atom stereocenters. The maximum Gasteiger partial charge on any atom is 0.173 e. The minimum atomic E-state index is 0.546. The molecular weight excluding hydrogens is 325 g/mol. The highest BCUT2D eigenvalue weighted by molar-refractivity contribution is 7.80. The van der Waals surface area contributed by atoms with Crippen LogP contribution in [0.5, 0.6) is 0 Å². The lowest BCUT2D eigenvalue weighted by Gasteiger charge is -2.24. The number of aromatic nitrogens is 1. The van der Waals surface area contributed by atoms with Gasteiger partial charge in [0.25, 0.3) is 0 Å². The van der Waals surface area contributed by atoms with Crippen LogP contribution in [0.25, 0.3) is 0 Å². The molecule has 0 saturated carbocycles. The smallest absolute Gasteiger partial charge is 0.173 e. The Balaban J connectivity index is 2.06. The topological polar surface area (TPSA) is 28.2 Å². The highest BCUT2D eigenvalue weighted by Crippen LogP contribution is 2.25. The van der Waals surface area contributed by atoms with Crippen molar-refractivity contribution >= 4 is 46.2 Å². The van der Waals surface area contributed by atoms with Crippen molar-refractivity contribution in [1.82, 2.24) is 9.88 Å². The first-order valence-corrected chi connectivity index (χ1v) is 7.66. The Bertz CT molecular complexity index is 620. The van der Waals surface area contributed by atoms with E-state index in [2.05, 4.69) is 22.1 Å². The Kier molecular flexibility index (Phi) is 5.79. The molecule has 0 amide bonds. The fourth-order valence-electron chi connectivity index (χ4n) is 1.82. The Labute approximate surface area is 139 Å². The summed E-state index contributed by atoms with van der Waals surface area (Å²) >= 11 is 17.5. The van der Waals surface area contributed by atoms with Crippen LogP contribution >= 0.6 is 35.4 Å². The molecule has 0 spiro atoms. The first-order valence-electron chi connectivity index (χ1n) is 6.50. The van der Waals surface area contributed by atoms with Gasteiger partial charge in [-0.1, -0.05) is 23.2 Å². The van der Waals surface area contributed by atoms with Crippen LogP contribution in [0.15, 0.2) is 42.7 Å². The molecule has 2 rings (SSSR count). The Hall–Kier alpha value is -1.36. The molecule has 3 nitrogen and oxygen atoms in total. The van der Waals surface area contributed by atoms with Crippen LogP contribution in [0, 0.1) is 0 Å². The standard InChI is InChI=1S/C15H15Cl2N3S/c1-2-20(10-11-5-7-18-8-6-11)15(21)19-14-4-3-12(16)9-13(14)17/h3-9H,2,10H2,1H3,(H,19,21). The largest absolute Gasteiger partial charge is 0.345 e. The first kappa shape index (κ1) is 16.0. The third-order valence-corrected chi connectivity index (χ3v) is 3.87. The average Bonchev–Trinajstić information content (AvgIpc) is 2.48.